The van der Waals surface area contributed by atoms with Gasteiger partial charge >= 0.3 is 0 Å². The Morgan fingerprint density at radius 1 is 1.07 bits per heavy atom. The summed E-state index contributed by atoms with van der Waals surface area (Å²) < 4.78 is 11.9. The van der Waals surface area contributed by atoms with Gasteiger partial charge in [0, 0.05) is 11.8 Å². The summed E-state index contributed by atoms with van der Waals surface area (Å²) in [6.45, 7) is 6.20. The smallest absolute Gasteiger partial charge is 0.177 e. The second kappa shape index (κ2) is 3.08. The number of ether oxygens (including phenoxy) is 2. The molecule has 0 bridgehead atoms. The van der Waals surface area contributed by atoms with Crippen molar-refractivity contribution in [1.29, 1.82) is 0 Å². The minimum absolute atomic E-state index is 0.172. The molecular formula is C13H20O2. The van der Waals surface area contributed by atoms with E-state index in [0.717, 1.165) is 19.6 Å². The fourth-order valence-corrected chi connectivity index (χ4v) is 3.87. The van der Waals surface area contributed by atoms with Crippen molar-refractivity contribution in [3.05, 3.63) is 11.1 Å². The van der Waals surface area contributed by atoms with Gasteiger partial charge in [-0.3, -0.25) is 0 Å². The van der Waals surface area contributed by atoms with Gasteiger partial charge in [0.05, 0.1) is 13.2 Å². The van der Waals surface area contributed by atoms with E-state index in [2.05, 4.69) is 13.8 Å². The molecule has 0 aromatic heterocycles. The highest BCUT2D eigenvalue weighted by Gasteiger charge is 2.59. The fraction of sp³-hybridized carbons (Fsp3) is 0.846. The van der Waals surface area contributed by atoms with Crippen molar-refractivity contribution in [2.45, 2.75) is 51.7 Å². The van der Waals surface area contributed by atoms with Crippen molar-refractivity contribution in [2.75, 3.05) is 13.2 Å². The SMILES string of the molecule is CC1=C2CCC3(OCCO3)[C@@]2(C)CCC1. The second-order valence-corrected chi connectivity index (χ2v) is 5.39. The molecular weight excluding hydrogens is 188 g/mol. The lowest BCUT2D eigenvalue weighted by molar-refractivity contribution is -0.211. The van der Waals surface area contributed by atoms with Crippen LogP contribution in [0.15, 0.2) is 11.1 Å². The first-order chi connectivity index (χ1) is 7.18. The molecule has 2 fully saturated rings. The highest BCUT2D eigenvalue weighted by Crippen LogP contribution is 2.59. The van der Waals surface area contributed by atoms with Crippen LogP contribution in [0, 0.1) is 5.41 Å². The summed E-state index contributed by atoms with van der Waals surface area (Å²) in [5, 5.41) is 0. The third kappa shape index (κ3) is 1.12. The summed E-state index contributed by atoms with van der Waals surface area (Å²) >= 11 is 0. The number of rotatable bonds is 0. The second-order valence-electron chi connectivity index (χ2n) is 5.39. The van der Waals surface area contributed by atoms with Crippen molar-refractivity contribution in [1.82, 2.24) is 0 Å². The standard InChI is InChI=1S/C13H20O2/c1-10-4-3-6-12(2)11(10)5-7-13(12)14-8-9-15-13/h3-9H2,1-2H3/t12-/m0/s1. The number of allylic oxidation sites excluding steroid dienone is 1. The Morgan fingerprint density at radius 2 is 1.80 bits per heavy atom. The van der Waals surface area contributed by atoms with Crippen LogP contribution in [0.3, 0.4) is 0 Å². The van der Waals surface area contributed by atoms with E-state index in [1.165, 1.54) is 25.7 Å². The van der Waals surface area contributed by atoms with E-state index < -0.39 is 0 Å². The van der Waals surface area contributed by atoms with E-state index in [-0.39, 0.29) is 11.2 Å². The maximum Gasteiger partial charge on any atom is 0.177 e. The maximum atomic E-state index is 5.97. The van der Waals surface area contributed by atoms with Gasteiger partial charge in [0.15, 0.2) is 5.79 Å². The molecule has 84 valence electrons. The molecule has 1 saturated carbocycles. The Morgan fingerprint density at radius 3 is 2.53 bits per heavy atom. The van der Waals surface area contributed by atoms with Crippen LogP contribution in [0.5, 0.6) is 0 Å². The van der Waals surface area contributed by atoms with Gasteiger partial charge in [-0.15, -0.1) is 0 Å². The average Bonchev–Trinajstić information content (AvgIpc) is 2.77. The molecule has 15 heavy (non-hydrogen) atoms. The van der Waals surface area contributed by atoms with Gasteiger partial charge in [-0.25, -0.2) is 0 Å². The largest absolute Gasteiger partial charge is 0.347 e. The lowest BCUT2D eigenvalue weighted by atomic mass is 9.70. The zero-order valence-electron chi connectivity index (χ0n) is 9.77. The predicted octanol–water partition coefficient (Wildman–Crippen LogP) is 3.03. The van der Waals surface area contributed by atoms with Crippen molar-refractivity contribution < 1.29 is 9.47 Å². The Hall–Kier alpha value is -0.340. The molecule has 2 nitrogen and oxygen atoms in total. The summed E-state index contributed by atoms with van der Waals surface area (Å²) in [4.78, 5) is 0. The molecule has 1 saturated heterocycles. The normalized spacial score (nSPS) is 38.8. The van der Waals surface area contributed by atoms with Crippen molar-refractivity contribution in [3.63, 3.8) is 0 Å². The summed E-state index contributed by atoms with van der Waals surface area (Å²) in [6, 6.07) is 0. The van der Waals surface area contributed by atoms with Crippen LogP contribution in [0.25, 0.3) is 0 Å². The van der Waals surface area contributed by atoms with Gasteiger partial charge in [-0.2, -0.15) is 0 Å². The minimum atomic E-state index is -0.260. The van der Waals surface area contributed by atoms with E-state index in [1.807, 2.05) is 0 Å². The zero-order valence-corrected chi connectivity index (χ0v) is 9.77. The van der Waals surface area contributed by atoms with E-state index in [0.29, 0.717) is 0 Å². The van der Waals surface area contributed by atoms with Gasteiger partial charge in [-0.05, 0) is 32.6 Å². The van der Waals surface area contributed by atoms with Gasteiger partial charge < -0.3 is 9.47 Å². The quantitative estimate of drug-likeness (QED) is 0.570. The Bertz CT molecular complexity index is 312. The van der Waals surface area contributed by atoms with E-state index >= 15 is 0 Å². The van der Waals surface area contributed by atoms with E-state index in [1.54, 1.807) is 11.1 Å². The van der Waals surface area contributed by atoms with Crippen LogP contribution in [-0.2, 0) is 9.47 Å². The molecule has 3 aliphatic rings. The van der Waals surface area contributed by atoms with Crippen molar-refractivity contribution >= 4 is 0 Å². The Balaban J connectivity index is 2.06. The molecule has 2 heteroatoms. The first kappa shape index (κ1) is 9.86. The Kier molecular flexibility index (Phi) is 2.02. The highest BCUT2D eigenvalue weighted by atomic mass is 16.7. The Labute approximate surface area is 91.6 Å². The summed E-state index contributed by atoms with van der Waals surface area (Å²) in [7, 11) is 0. The first-order valence-corrected chi connectivity index (χ1v) is 6.15. The van der Waals surface area contributed by atoms with Crippen molar-refractivity contribution in [3.8, 4) is 0 Å². The monoisotopic (exact) mass is 208 g/mol. The molecule has 0 amide bonds. The molecule has 1 spiro atoms. The molecule has 1 aliphatic heterocycles. The van der Waals surface area contributed by atoms with Crippen LogP contribution in [0.2, 0.25) is 0 Å². The molecule has 3 rings (SSSR count). The van der Waals surface area contributed by atoms with Gasteiger partial charge in [0.25, 0.3) is 0 Å². The third-order valence-electron chi connectivity index (χ3n) is 4.71. The highest BCUT2D eigenvalue weighted by molar-refractivity contribution is 5.31. The molecule has 0 unspecified atom stereocenters. The first-order valence-electron chi connectivity index (χ1n) is 6.15. The number of fused-ring (bicyclic) bond motifs is 2. The maximum absolute atomic E-state index is 5.97. The molecule has 0 aromatic carbocycles. The predicted molar refractivity (Wildman–Crippen MR) is 58.5 cm³/mol. The van der Waals surface area contributed by atoms with E-state index in [9.17, 15) is 0 Å². The summed E-state index contributed by atoms with van der Waals surface area (Å²) in [5.74, 6) is -0.260. The zero-order chi connectivity index (χ0) is 10.5. The molecule has 1 atom stereocenters. The molecule has 0 aromatic rings. The number of hydrogen-bond acceptors (Lipinski definition) is 2. The molecule has 0 radical (unpaired) electrons. The van der Waals surface area contributed by atoms with Gasteiger partial charge in [0.1, 0.15) is 0 Å². The lowest BCUT2D eigenvalue weighted by Crippen LogP contribution is -2.44. The average molecular weight is 208 g/mol. The van der Waals surface area contributed by atoms with Crippen molar-refractivity contribution in [2.24, 2.45) is 5.41 Å². The summed E-state index contributed by atoms with van der Waals surface area (Å²) in [6.07, 6.45) is 6.06. The van der Waals surface area contributed by atoms with Gasteiger partial charge in [0.2, 0.25) is 0 Å². The molecule has 2 aliphatic carbocycles. The van der Waals surface area contributed by atoms with Crippen LogP contribution in [-0.4, -0.2) is 19.0 Å². The van der Waals surface area contributed by atoms with Crippen LogP contribution < -0.4 is 0 Å². The topological polar surface area (TPSA) is 18.5 Å². The van der Waals surface area contributed by atoms with E-state index in [4.69, 9.17) is 9.47 Å². The van der Waals surface area contributed by atoms with Gasteiger partial charge in [-0.1, -0.05) is 18.1 Å². The lowest BCUT2D eigenvalue weighted by Gasteiger charge is -2.42. The van der Waals surface area contributed by atoms with Crippen LogP contribution >= 0.6 is 0 Å². The van der Waals surface area contributed by atoms with Crippen LogP contribution in [0.1, 0.15) is 46.0 Å². The minimum Gasteiger partial charge on any atom is -0.347 e. The fourth-order valence-electron chi connectivity index (χ4n) is 3.87. The number of hydrogen-bond donors (Lipinski definition) is 0. The van der Waals surface area contributed by atoms with Crippen LogP contribution in [0.4, 0.5) is 0 Å². The molecule has 1 heterocycles. The molecule has 0 N–H and O–H groups in total. The third-order valence-corrected chi connectivity index (χ3v) is 4.71. The summed E-state index contributed by atoms with van der Waals surface area (Å²) in [5.41, 5.74) is 3.40.